The quantitative estimate of drug-likeness (QED) is 0.725. The predicted molar refractivity (Wildman–Crippen MR) is 50.6 cm³/mol. The molecule has 0 bridgehead atoms. The van der Waals surface area contributed by atoms with E-state index in [1.165, 1.54) is 6.20 Å². The highest BCUT2D eigenvalue weighted by atomic mass is 16.3. The number of hydrogen-bond donors (Lipinski definition) is 1. The molecule has 2 heterocycles. The number of aromatic nitrogens is 4. The second-order valence-electron chi connectivity index (χ2n) is 3.05. The summed E-state index contributed by atoms with van der Waals surface area (Å²) in [6.07, 6.45) is 1.39. The van der Waals surface area contributed by atoms with Crippen LogP contribution in [0.4, 0.5) is 0 Å². The van der Waals surface area contributed by atoms with Gasteiger partial charge in [-0.3, -0.25) is 9.67 Å². The first-order valence-corrected chi connectivity index (χ1v) is 4.20. The van der Waals surface area contributed by atoms with Crippen LogP contribution in [-0.4, -0.2) is 25.1 Å². The van der Waals surface area contributed by atoms with Gasteiger partial charge >= 0.3 is 0 Å². The summed E-state index contributed by atoms with van der Waals surface area (Å²) in [5.74, 6) is 0.148. The van der Waals surface area contributed by atoms with E-state index in [-0.39, 0.29) is 5.75 Å². The molecule has 0 amide bonds. The van der Waals surface area contributed by atoms with Crippen molar-refractivity contribution in [2.24, 2.45) is 7.05 Å². The Kier molecular flexibility index (Phi) is 1.92. The molecule has 14 heavy (non-hydrogen) atoms. The Morgan fingerprint density at radius 1 is 1.36 bits per heavy atom. The van der Waals surface area contributed by atoms with E-state index in [4.69, 9.17) is 5.11 Å². The van der Waals surface area contributed by atoms with E-state index in [2.05, 4.69) is 15.3 Å². The molecule has 5 heteroatoms. The van der Waals surface area contributed by atoms with Crippen molar-refractivity contribution < 1.29 is 5.11 Å². The van der Waals surface area contributed by atoms with Gasteiger partial charge in [0.1, 0.15) is 11.4 Å². The Labute approximate surface area is 81.0 Å². The van der Waals surface area contributed by atoms with Crippen LogP contribution < -0.4 is 0 Å². The lowest BCUT2D eigenvalue weighted by Crippen LogP contribution is -1.93. The molecule has 0 saturated heterocycles. The van der Waals surface area contributed by atoms with Gasteiger partial charge in [-0.05, 0) is 19.1 Å². The second kappa shape index (κ2) is 3.10. The highest BCUT2D eigenvalue weighted by Gasteiger charge is 2.09. The van der Waals surface area contributed by atoms with Crippen molar-refractivity contribution in [2.75, 3.05) is 0 Å². The fourth-order valence-corrected chi connectivity index (χ4v) is 1.17. The van der Waals surface area contributed by atoms with Crippen LogP contribution in [0.1, 0.15) is 5.69 Å². The fraction of sp³-hybridized carbons (Fsp3) is 0.222. The van der Waals surface area contributed by atoms with E-state index in [0.717, 1.165) is 11.4 Å². The van der Waals surface area contributed by atoms with Crippen molar-refractivity contribution in [3.63, 3.8) is 0 Å². The van der Waals surface area contributed by atoms with Gasteiger partial charge in [0.2, 0.25) is 0 Å². The molecule has 0 saturated carbocycles. The Morgan fingerprint density at radius 2 is 2.14 bits per heavy atom. The van der Waals surface area contributed by atoms with Crippen molar-refractivity contribution >= 4 is 0 Å². The van der Waals surface area contributed by atoms with Gasteiger partial charge in [0.15, 0.2) is 0 Å². The molecule has 0 radical (unpaired) electrons. The monoisotopic (exact) mass is 190 g/mol. The zero-order valence-corrected chi connectivity index (χ0v) is 7.97. The Bertz CT molecular complexity index is 446. The van der Waals surface area contributed by atoms with Crippen molar-refractivity contribution in [1.82, 2.24) is 20.0 Å². The molecule has 0 aliphatic carbocycles. The first kappa shape index (κ1) is 8.68. The van der Waals surface area contributed by atoms with Gasteiger partial charge < -0.3 is 5.11 Å². The highest BCUT2D eigenvalue weighted by molar-refractivity contribution is 5.56. The average Bonchev–Trinajstić information content (AvgIpc) is 2.50. The van der Waals surface area contributed by atoms with Crippen LogP contribution in [0.2, 0.25) is 0 Å². The van der Waals surface area contributed by atoms with E-state index in [1.807, 2.05) is 14.0 Å². The summed E-state index contributed by atoms with van der Waals surface area (Å²) < 4.78 is 1.68. The second-order valence-corrected chi connectivity index (χ2v) is 3.05. The number of nitrogens with zero attached hydrogens (tertiary/aromatic N) is 4. The molecule has 1 N–H and O–H groups in total. The standard InChI is InChI=1S/C9H10N4O/c1-6-9(11-12-13(6)2)8-4-3-7(14)5-10-8/h3-5,14H,1-2H3. The third-order valence-electron chi connectivity index (χ3n) is 2.10. The highest BCUT2D eigenvalue weighted by Crippen LogP contribution is 2.18. The Balaban J connectivity index is 2.49. The molecule has 0 aliphatic rings. The van der Waals surface area contributed by atoms with E-state index in [9.17, 15) is 0 Å². The third-order valence-corrected chi connectivity index (χ3v) is 2.10. The molecular weight excluding hydrogens is 180 g/mol. The molecule has 0 unspecified atom stereocenters. The first-order valence-electron chi connectivity index (χ1n) is 4.20. The SMILES string of the molecule is Cc1c(-c2ccc(O)cn2)nnn1C. The maximum atomic E-state index is 9.07. The van der Waals surface area contributed by atoms with Gasteiger partial charge in [0, 0.05) is 7.05 Å². The predicted octanol–water partition coefficient (Wildman–Crippen LogP) is 0.891. The minimum absolute atomic E-state index is 0.148. The lowest BCUT2D eigenvalue weighted by molar-refractivity contribution is 0.473. The molecular formula is C9H10N4O. The summed E-state index contributed by atoms with van der Waals surface area (Å²) in [6, 6.07) is 3.29. The van der Waals surface area contributed by atoms with Crippen LogP contribution >= 0.6 is 0 Å². The number of pyridine rings is 1. The molecule has 2 aromatic rings. The van der Waals surface area contributed by atoms with Gasteiger partial charge in [-0.25, -0.2) is 0 Å². The Hall–Kier alpha value is -1.91. The smallest absolute Gasteiger partial charge is 0.134 e. The Morgan fingerprint density at radius 3 is 2.64 bits per heavy atom. The molecule has 5 nitrogen and oxygen atoms in total. The van der Waals surface area contributed by atoms with Gasteiger partial charge in [-0.15, -0.1) is 5.10 Å². The fourth-order valence-electron chi connectivity index (χ4n) is 1.17. The van der Waals surface area contributed by atoms with Crippen LogP contribution in [0.25, 0.3) is 11.4 Å². The zero-order chi connectivity index (χ0) is 10.1. The number of aryl methyl sites for hydroxylation is 1. The van der Waals surface area contributed by atoms with E-state index >= 15 is 0 Å². The van der Waals surface area contributed by atoms with Crippen LogP contribution in [-0.2, 0) is 7.05 Å². The zero-order valence-electron chi connectivity index (χ0n) is 7.97. The van der Waals surface area contributed by atoms with E-state index in [1.54, 1.807) is 16.8 Å². The number of rotatable bonds is 1. The van der Waals surface area contributed by atoms with Gasteiger partial charge in [-0.1, -0.05) is 5.21 Å². The lowest BCUT2D eigenvalue weighted by atomic mass is 10.2. The van der Waals surface area contributed by atoms with E-state index in [0.29, 0.717) is 5.69 Å². The molecule has 0 spiro atoms. The summed E-state index contributed by atoms with van der Waals surface area (Å²) in [6.45, 7) is 1.92. The maximum Gasteiger partial charge on any atom is 0.134 e. The van der Waals surface area contributed by atoms with Crippen molar-refractivity contribution in [1.29, 1.82) is 0 Å². The maximum absolute atomic E-state index is 9.07. The topological polar surface area (TPSA) is 63.8 Å². The van der Waals surface area contributed by atoms with Gasteiger partial charge in [-0.2, -0.15) is 0 Å². The van der Waals surface area contributed by atoms with Crippen LogP contribution in [0, 0.1) is 6.92 Å². The van der Waals surface area contributed by atoms with Crippen molar-refractivity contribution in [2.45, 2.75) is 6.92 Å². The summed E-state index contributed by atoms with van der Waals surface area (Å²) in [4.78, 5) is 4.06. The third kappa shape index (κ3) is 1.32. The van der Waals surface area contributed by atoms with Crippen molar-refractivity contribution in [3.8, 4) is 17.1 Å². The number of aromatic hydroxyl groups is 1. The van der Waals surface area contributed by atoms with Crippen LogP contribution in [0.3, 0.4) is 0 Å². The van der Waals surface area contributed by atoms with Crippen molar-refractivity contribution in [3.05, 3.63) is 24.0 Å². The van der Waals surface area contributed by atoms with Crippen LogP contribution in [0.15, 0.2) is 18.3 Å². The summed E-state index contributed by atoms with van der Waals surface area (Å²) >= 11 is 0. The molecule has 0 atom stereocenters. The molecule has 2 rings (SSSR count). The minimum Gasteiger partial charge on any atom is -0.506 e. The molecule has 0 fully saturated rings. The van der Waals surface area contributed by atoms with Gasteiger partial charge in [0.05, 0.1) is 17.6 Å². The first-order chi connectivity index (χ1) is 6.68. The normalized spacial score (nSPS) is 10.4. The van der Waals surface area contributed by atoms with Gasteiger partial charge in [0.25, 0.3) is 0 Å². The van der Waals surface area contributed by atoms with Crippen LogP contribution in [0.5, 0.6) is 5.75 Å². The largest absolute Gasteiger partial charge is 0.506 e. The van der Waals surface area contributed by atoms with E-state index < -0.39 is 0 Å². The molecule has 0 aromatic carbocycles. The summed E-state index contributed by atoms with van der Waals surface area (Å²) in [7, 11) is 1.83. The molecule has 0 aliphatic heterocycles. The molecule has 2 aromatic heterocycles. The lowest BCUT2D eigenvalue weighted by Gasteiger charge is -1.97. The summed E-state index contributed by atoms with van der Waals surface area (Å²) in [5, 5.41) is 16.9. The molecule has 72 valence electrons. The minimum atomic E-state index is 0.148. The average molecular weight is 190 g/mol. The number of hydrogen-bond acceptors (Lipinski definition) is 4. The summed E-state index contributed by atoms with van der Waals surface area (Å²) in [5.41, 5.74) is 2.41.